The fraction of sp³-hybridized carbons (Fsp3) is 0.500. The molecule has 0 aromatic heterocycles. The first-order valence-electron chi connectivity index (χ1n) is 8.17. The van der Waals surface area contributed by atoms with Gasteiger partial charge in [0.05, 0.1) is 6.54 Å². The Labute approximate surface area is 137 Å². The minimum atomic E-state index is -0.123. The Morgan fingerprint density at radius 1 is 1.13 bits per heavy atom. The molecule has 0 saturated carbocycles. The molecule has 1 aromatic rings. The molecule has 5 nitrogen and oxygen atoms in total. The van der Waals surface area contributed by atoms with Gasteiger partial charge in [0, 0.05) is 24.9 Å². The number of hydrogen-bond acceptors (Lipinski definition) is 3. The molecule has 23 heavy (non-hydrogen) atoms. The number of imide groups is 1. The second kappa shape index (κ2) is 7.90. The molecule has 3 amide bonds. The molecule has 0 radical (unpaired) electrons. The summed E-state index contributed by atoms with van der Waals surface area (Å²) in [5.74, 6) is 0.305. The Balaban J connectivity index is 1.85. The monoisotopic (exact) mass is 316 g/mol. The van der Waals surface area contributed by atoms with Crippen molar-refractivity contribution in [2.75, 3.05) is 6.54 Å². The van der Waals surface area contributed by atoms with Crippen LogP contribution in [-0.2, 0) is 16.1 Å². The van der Waals surface area contributed by atoms with Crippen LogP contribution in [0.25, 0.3) is 0 Å². The van der Waals surface area contributed by atoms with E-state index in [9.17, 15) is 14.4 Å². The van der Waals surface area contributed by atoms with E-state index in [1.807, 2.05) is 0 Å². The van der Waals surface area contributed by atoms with Crippen LogP contribution in [0.2, 0.25) is 0 Å². The molecule has 124 valence electrons. The van der Waals surface area contributed by atoms with Crippen LogP contribution < -0.4 is 5.32 Å². The molecule has 1 aromatic carbocycles. The van der Waals surface area contributed by atoms with Crippen molar-refractivity contribution in [1.82, 2.24) is 10.2 Å². The van der Waals surface area contributed by atoms with Gasteiger partial charge in [0.1, 0.15) is 0 Å². The van der Waals surface area contributed by atoms with Crippen LogP contribution >= 0.6 is 0 Å². The Bertz CT molecular complexity index is 562. The van der Waals surface area contributed by atoms with Crippen molar-refractivity contribution in [2.45, 2.75) is 46.1 Å². The van der Waals surface area contributed by atoms with Crippen LogP contribution in [0.4, 0.5) is 0 Å². The van der Waals surface area contributed by atoms with Gasteiger partial charge in [0.2, 0.25) is 11.8 Å². The molecule has 0 spiro atoms. The molecule has 0 aliphatic carbocycles. The van der Waals surface area contributed by atoms with Crippen LogP contribution in [0.3, 0.4) is 0 Å². The average Bonchev–Trinajstić information content (AvgIpc) is 2.84. The zero-order chi connectivity index (χ0) is 16.8. The Hall–Kier alpha value is -2.17. The van der Waals surface area contributed by atoms with Gasteiger partial charge in [-0.25, -0.2) is 0 Å². The Morgan fingerprint density at radius 2 is 1.74 bits per heavy atom. The number of amides is 3. The van der Waals surface area contributed by atoms with Gasteiger partial charge in [-0.3, -0.25) is 19.3 Å². The molecule has 1 N–H and O–H groups in total. The molecule has 2 rings (SSSR count). The average molecular weight is 316 g/mol. The normalized spacial score (nSPS) is 14.7. The quantitative estimate of drug-likeness (QED) is 0.621. The first-order valence-corrected chi connectivity index (χ1v) is 8.17. The molecule has 0 bridgehead atoms. The van der Waals surface area contributed by atoms with Crippen molar-refractivity contribution in [2.24, 2.45) is 5.92 Å². The number of hydrogen-bond donors (Lipinski definition) is 1. The van der Waals surface area contributed by atoms with Gasteiger partial charge in [-0.2, -0.15) is 0 Å². The third-order valence-electron chi connectivity index (χ3n) is 3.96. The third kappa shape index (κ3) is 4.91. The van der Waals surface area contributed by atoms with Crippen molar-refractivity contribution in [3.63, 3.8) is 0 Å². The van der Waals surface area contributed by atoms with Crippen molar-refractivity contribution in [3.05, 3.63) is 35.4 Å². The predicted octanol–water partition coefficient (Wildman–Crippen LogP) is 2.50. The van der Waals surface area contributed by atoms with E-state index in [-0.39, 0.29) is 24.3 Å². The SMILES string of the molecule is CC(C)CCCNC(=O)c1ccc(CN2C(=O)CCC2=O)cc1. The largest absolute Gasteiger partial charge is 0.352 e. The molecule has 1 heterocycles. The van der Waals surface area contributed by atoms with Crippen molar-refractivity contribution in [3.8, 4) is 0 Å². The Morgan fingerprint density at radius 3 is 2.30 bits per heavy atom. The molecular weight excluding hydrogens is 292 g/mol. The maximum Gasteiger partial charge on any atom is 0.251 e. The zero-order valence-corrected chi connectivity index (χ0v) is 13.8. The van der Waals surface area contributed by atoms with E-state index < -0.39 is 0 Å². The summed E-state index contributed by atoms with van der Waals surface area (Å²) < 4.78 is 0. The second-order valence-electron chi connectivity index (χ2n) is 6.36. The number of likely N-dealkylation sites (tertiary alicyclic amines) is 1. The lowest BCUT2D eigenvalue weighted by Crippen LogP contribution is -2.28. The van der Waals surface area contributed by atoms with Crippen molar-refractivity contribution >= 4 is 17.7 Å². The summed E-state index contributed by atoms with van der Waals surface area (Å²) in [4.78, 5) is 36.5. The van der Waals surface area contributed by atoms with Gasteiger partial charge < -0.3 is 5.32 Å². The zero-order valence-electron chi connectivity index (χ0n) is 13.8. The van der Waals surface area contributed by atoms with Gasteiger partial charge in [0.25, 0.3) is 5.91 Å². The smallest absolute Gasteiger partial charge is 0.251 e. The number of nitrogens with zero attached hydrogens (tertiary/aromatic N) is 1. The van der Waals surface area contributed by atoms with E-state index >= 15 is 0 Å². The van der Waals surface area contributed by atoms with Gasteiger partial charge in [-0.05, 0) is 36.5 Å². The molecule has 0 atom stereocenters. The fourth-order valence-corrected chi connectivity index (χ4v) is 2.56. The van der Waals surface area contributed by atoms with E-state index in [2.05, 4.69) is 19.2 Å². The number of rotatable bonds is 7. The second-order valence-corrected chi connectivity index (χ2v) is 6.36. The highest BCUT2D eigenvalue weighted by Crippen LogP contribution is 2.16. The summed E-state index contributed by atoms with van der Waals surface area (Å²) >= 11 is 0. The minimum absolute atomic E-state index is 0.0892. The highest BCUT2D eigenvalue weighted by molar-refractivity contribution is 6.01. The molecule has 1 fully saturated rings. The van der Waals surface area contributed by atoms with Crippen LogP contribution in [0.15, 0.2) is 24.3 Å². The summed E-state index contributed by atoms with van der Waals surface area (Å²) in [6, 6.07) is 7.06. The number of carbonyl (C=O) groups excluding carboxylic acids is 3. The predicted molar refractivity (Wildman–Crippen MR) is 87.6 cm³/mol. The highest BCUT2D eigenvalue weighted by Gasteiger charge is 2.28. The van der Waals surface area contributed by atoms with Crippen LogP contribution in [0, 0.1) is 5.92 Å². The third-order valence-corrected chi connectivity index (χ3v) is 3.96. The lowest BCUT2D eigenvalue weighted by molar-refractivity contribution is -0.139. The topological polar surface area (TPSA) is 66.5 Å². The first-order chi connectivity index (χ1) is 11.0. The number of benzene rings is 1. The van der Waals surface area contributed by atoms with Crippen molar-refractivity contribution in [1.29, 1.82) is 0 Å². The van der Waals surface area contributed by atoms with Crippen LogP contribution in [0.5, 0.6) is 0 Å². The number of nitrogens with one attached hydrogen (secondary N) is 1. The lowest BCUT2D eigenvalue weighted by atomic mass is 10.1. The molecule has 1 aliphatic rings. The fourth-order valence-electron chi connectivity index (χ4n) is 2.56. The first kappa shape index (κ1) is 17.2. The van der Waals surface area contributed by atoms with Gasteiger partial charge >= 0.3 is 0 Å². The molecular formula is C18H24N2O3. The molecule has 1 saturated heterocycles. The Kier molecular flexibility index (Phi) is 5.90. The molecule has 5 heteroatoms. The highest BCUT2D eigenvalue weighted by atomic mass is 16.2. The standard InChI is InChI=1S/C18H24N2O3/c1-13(2)4-3-11-19-18(23)15-7-5-14(6-8-15)12-20-16(21)9-10-17(20)22/h5-8,13H,3-4,9-12H2,1-2H3,(H,19,23). The van der Waals surface area contributed by atoms with Crippen LogP contribution in [0.1, 0.15) is 55.5 Å². The van der Waals surface area contributed by atoms with E-state index in [0.717, 1.165) is 18.4 Å². The van der Waals surface area contributed by atoms with E-state index in [4.69, 9.17) is 0 Å². The van der Waals surface area contributed by atoms with Gasteiger partial charge in [-0.1, -0.05) is 26.0 Å². The van der Waals surface area contributed by atoms with E-state index in [0.29, 0.717) is 30.9 Å². The summed E-state index contributed by atoms with van der Waals surface area (Å²) in [7, 11) is 0. The van der Waals surface area contributed by atoms with Gasteiger partial charge in [-0.15, -0.1) is 0 Å². The summed E-state index contributed by atoms with van der Waals surface area (Å²) in [6.07, 6.45) is 2.67. The summed E-state index contributed by atoms with van der Waals surface area (Å²) in [6.45, 7) is 5.29. The van der Waals surface area contributed by atoms with E-state index in [1.165, 1.54) is 4.90 Å². The molecule has 1 aliphatic heterocycles. The minimum Gasteiger partial charge on any atom is -0.352 e. The van der Waals surface area contributed by atoms with Gasteiger partial charge in [0.15, 0.2) is 0 Å². The van der Waals surface area contributed by atoms with E-state index in [1.54, 1.807) is 24.3 Å². The molecule has 0 unspecified atom stereocenters. The van der Waals surface area contributed by atoms with Crippen molar-refractivity contribution < 1.29 is 14.4 Å². The number of carbonyl (C=O) groups is 3. The maximum absolute atomic E-state index is 12.0. The summed E-state index contributed by atoms with van der Waals surface area (Å²) in [5, 5.41) is 2.90. The maximum atomic E-state index is 12.0. The summed E-state index contributed by atoms with van der Waals surface area (Å²) in [5.41, 5.74) is 1.45. The van der Waals surface area contributed by atoms with Crippen LogP contribution in [-0.4, -0.2) is 29.2 Å². The lowest BCUT2D eigenvalue weighted by Gasteiger charge is -2.14.